The van der Waals surface area contributed by atoms with Crippen LogP contribution in [-0.2, 0) is 0 Å². The van der Waals surface area contributed by atoms with Gasteiger partial charge in [0.2, 0.25) is 0 Å². The highest BCUT2D eigenvalue weighted by Crippen LogP contribution is 2.30. The molecule has 2 unspecified atom stereocenters. The zero-order valence-electron chi connectivity index (χ0n) is 26.2. The second kappa shape index (κ2) is 15.1. The summed E-state index contributed by atoms with van der Waals surface area (Å²) in [6.07, 6.45) is 7.82. The molecule has 4 N–H and O–H groups in total. The number of rotatable bonds is 16. The molecule has 0 radical (unpaired) electrons. The van der Waals surface area contributed by atoms with Gasteiger partial charge in [0.05, 0.1) is 36.6 Å². The van der Waals surface area contributed by atoms with Crippen LogP contribution < -0.4 is 30.7 Å². The Labute approximate surface area is 260 Å². The Bertz CT molecular complexity index is 1540. The summed E-state index contributed by atoms with van der Waals surface area (Å²) in [5.41, 5.74) is 6.22. The third-order valence-corrected chi connectivity index (χ3v) is 7.78. The number of nitrogens with zero attached hydrogens (tertiary/aromatic N) is 2. The first-order valence-corrected chi connectivity index (χ1v) is 15.5. The van der Waals surface area contributed by atoms with Crippen molar-refractivity contribution in [3.05, 3.63) is 85.2 Å². The lowest BCUT2D eigenvalue weighted by atomic mass is 10.1. The fourth-order valence-corrected chi connectivity index (χ4v) is 5.48. The third kappa shape index (κ3) is 8.22. The van der Waals surface area contributed by atoms with Crippen molar-refractivity contribution in [2.75, 3.05) is 48.6 Å². The predicted octanol–water partition coefficient (Wildman–Crippen LogP) is 8.19. The number of pyridine rings is 2. The molecule has 0 aliphatic carbocycles. The zero-order chi connectivity index (χ0) is 30.7. The maximum Gasteiger partial charge on any atom is 0.121 e. The smallest absolute Gasteiger partial charge is 0.121 e. The van der Waals surface area contributed by atoms with Gasteiger partial charge in [-0.1, -0.05) is 18.2 Å². The van der Waals surface area contributed by atoms with Gasteiger partial charge in [0, 0.05) is 71.8 Å². The molecule has 2 aromatic heterocycles. The summed E-state index contributed by atoms with van der Waals surface area (Å²) < 4.78 is 11.0. The van der Waals surface area contributed by atoms with Crippen molar-refractivity contribution in [3.63, 3.8) is 0 Å². The van der Waals surface area contributed by atoms with Gasteiger partial charge in [-0.2, -0.15) is 0 Å². The molecule has 8 nitrogen and oxygen atoms in total. The van der Waals surface area contributed by atoms with Crippen molar-refractivity contribution < 1.29 is 9.47 Å². The van der Waals surface area contributed by atoms with Crippen LogP contribution in [0.15, 0.2) is 85.2 Å². The summed E-state index contributed by atoms with van der Waals surface area (Å²) in [6.45, 7) is 6.24. The number of nitrogens with one attached hydrogen (secondary N) is 4. The van der Waals surface area contributed by atoms with Crippen LogP contribution in [-0.4, -0.2) is 49.4 Å². The standard InChI is InChI=1S/C36H44N6O2/c1-25(41-33-23-31(43-3)20-27-12-8-18-39-35(27)33)10-6-16-37-29-14-5-15-30(22-29)38-17-7-11-26(2)42-34-24-32(44-4)21-28-13-9-19-40-36(28)34/h5,8-9,12-15,18-26,37-38,41-42H,6-7,10-11,16-17H2,1-4H3. The van der Waals surface area contributed by atoms with Crippen LogP contribution in [0.4, 0.5) is 22.7 Å². The minimum absolute atomic E-state index is 0.304. The Balaban J connectivity index is 1.03. The van der Waals surface area contributed by atoms with Crippen LogP contribution in [0.5, 0.6) is 11.5 Å². The summed E-state index contributed by atoms with van der Waals surface area (Å²) in [5.74, 6) is 1.67. The Morgan fingerprint density at radius 2 is 1.09 bits per heavy atom. The molecule has 0 saturated carbocycles. The highest BCUT2D eigenvalue weighted by molar-refractivity contribution is 5.92. The van der Waals surface area contributed by atoms with E-state index in [1.54, 1.807) is 14.2 Å². The van der Waals surface area contributed by atoms with Crippen LogP contribution in [0, 0.1) is 0 Å². The van der Waals surface area contributed by atoms with E-state index in [0.29, 0.717) is 12.1 Å². The second-order valence-electron chi connectivity index (χ2n) is 11.3. The lowest BCUT2D eigenvalue weighted by Gasteiger charge is -2.18. The van der Waals surface area contributed by atoms with Gasteiger partial charge in [-0.15, -0.1) is 0 Å². The van der Waals surface area contributed by atoms with E-state index in [9.17, 15) is 0 Å². The molecule has 44 heavy (non-hydrogen) atoms. The van der Waals surface area contributed by atoms with E-state index < -0.39 is 0 Å². The summed E-state index contributed by atoms with van der Waals surface area (Å²) in [5, 5.41) is 16.6. The first kappa shape index (κ1) is 30.7. The average molecular weight is 593 g/mol. The molecule has 0 spiro atoms. The van der Waals surface area contributed by atoms with Crippen LogP contribution in [0.25, 0.3) is 21.8 Å². The number of fused-ring (bicyclic) bond motifs is 2. The monoisotopic (exact) mass is 592 g/mol. The molecule has 5 rings (SSSR count). The molecular formula is C36H44N6O2. The second-order valence-corrected chi connectivity index (χ2v) is 11.3. The van der Waals surface area contributed by atoms with Gasteiger partial charge < -0.3 is 30.7 Å². The predicted molar refractivity (Wildman–Crippen MR) is 185 cm³/mol. The van der Waals surface area contributed by atoms with Crippen molar-refractivity contribution in [1.29, 1.82) is 0 Å². The van der Waals surface area contributed by atoms with E-state index in [1.165, 1.54) is 0 Å². The van der Waals surface area contributed by atoms with Gasteiger partial charge in [-0.3, -0.25) is 9.97 Å². The quantitative estimate of drug-likeness (QED) is 0.0853. The Hall–Kier alpha value is -4.72. The topological polar surface area (TPSA) is 92.4 Å². The largest absolute Gasteiger partial charge is 0.497 e. The van der Waals surface area contributed by atoms with E-state index in [1.807, 2.05) is 48.8 Å². The zero-order valence-corrected chi connectivity index (χ0v) is 26.2. The molecule has 8 heteroatoms. The molecule has 2 atom stereocenters. The summed E-state index contributed by atoms with van der Waals surface area (Å²) >= 11 is 0. The van der Waals surface area contributed by atoms with Crippen LogP contribution in [0.2, 0.25) is 0 Å². The van der Waals surface area contributed by atoms with Crippen molar-refractivity contribution in [1.82, 2.24) is 9.97 Å². The van der Waals surface area contributed by atoms with Gasteiger partial charge in [0.15, 0.2) is 0 Å². The fourth-order valence-electron chi connectivity index (χ4n) is 5.48. The van der Waals surface area contributed by atoms with Gasteiger partial charge in [0.25, 0.3) is 0 Å². The molecule has 0 bridgehead atoms. The number of aromatic nitrogens is 2. The molecule has 0 fully saturated rings. The number of methoxy groups -OCH3 is 2. The lowest BCUT2D eigenvalue weighted by molar-refractivity contribution is 0.415. The van der Waals surface area contributed by atoms with Crippen LogP contribution in [0.3, 0.4) is 0 Å². The van der Waals surface area contributed by atoms with Crippen molar-refractivity contribution >= 4 is 44.6 Å². The van der Waals surface area contributed by atoms with Gasteiger partial charge in [-0.05, 0) is 82.0 Å². The van der Waals surface area contributed by atoms with Crippen molar-refractivity contribution in [2.45, 2.75) is 51.6 Å². The lowest BCUT2D eigenvalue weighted by Crippen LogP contribution is -2.17. The van der Waals surface area contributed by atoms with Crippen LogP contribution >= 0.6 is 0 Å². The van der Waals surface area contributed by atoms with Gasteiger partial charge >= 0.3 is 0 Å². The van der Waals surface area contributed by atoms with E-state index >= 15 is 0 Å². The summed E-state index contributed by atoms with van der Waals surface area (Å²) in [4.78, 5) is 9.15. The third-order valence-electron chi connectivity index (χ3n) is 7.78. The molecule has 3 aromatic carbocycles. The minimum atomic E-state index is 0.304. The maximum absolute atomic E-state index is 5.49. The summed E-state index contributed by atoms with van der Waals surface area (Å²) in [7, 11) is 3.40. The Morgan fingerprint density at radius 1 is 0.614 bits per heavy atom. The highest BCUT2D eigenvalue weighted by atomic mass is 16.5. The molecule has 0 amide bonds. The van der Waals surface area contributed by atoms with E-state index in [0.717, 1.165) is 94.8 Å². The molecule has 2 heterocycles. The number of ether oxygens (including phenoxy) is 2. The van der Waals surface area contributed by atoms with Crippen LogP contribution in [0.1, 0.15) is 39.5 Å². The molecule has 230 valence electrons. The van der Waals surface area contributed by atoms with E-state index in [-0.39, 0.29) is 0 Å². The molecule has 0 saturated heterocycles. The fraction of sp³-hybridized carbons (Fsp3) is 0.333. The maximum atomic E-state index is 5.49. The Kier molecular flexibility index (Phi) is 10.6. The molecule has 5 aromatic rings. The highest BCUT2D eigenvalue weighted by Gasteiger charge is 2.11. The summed E-state index contributed by atoms with van der Waals surface area (Å²) in [6, 6.07) is 25.3. The Morgan fingerprint density at radius 3 is 1.55 bits per heavy atom. The first-order valence-electron chi connectivity index (χ1n) is 15.5. The van der Waals surface area contributed by atoms with Gasteiger partial charge in [0.1, 0.15) is 11.5 Å². The normalized spacial score (nSPS) is 12.5. The minimum Gasteiger partial charge on any atom is -0.497 e. The number of hydrogen-bond donors (Lipinski definition) is 4. The molecule has 0 aliphatic heterocycles. The van der Waals surface area contributed by atoms with E-state index in [4.69, 9.17) is 9.47 Å². The number of anilines is 4. The number of hydrogen-bond acceptors (Lipinski definition) is 8. The average Bonchev–Trinajstić information content (AvgIpc) is 3.05. The van der Waals surface area contributed by atoms with E-state index in [2.05, 4.69) is 81.5 Å². The SMILES string of the molecule is COc1cc(NC(C)CCCNc2cccc(NCCCC(C)Nc3cc(OC)cc4cccnc34)c2)c2ncccc2c1. The van der Waals surface area contributed by atoms with Crippen molar-refractivity contribution in [3.8, 4) is 11.5 Å². The number of benzene rings is 3. The molecular weight excluding hydrogens is 548 g/mol. The first-order chi connectivity index (χ1) is 21.5. The molecule has 0 aliphatic rings. The van der Waals surface area contributed by atoms with Crippen molar-refractivity contribution in [2.24, 2.45) is 0 Å². The van der Waals surface area contributed by atoms with Gasteiger partial charge in [-0.25, -0.2) is 0 Å².